The molecule has 0 saturated heterocycles. The third-order valence-electron chi connectivity index (χ3n) is 4.99. The summed E-state index contributed by atoms with van der Waals surface area (Å²) in [6.45, 7) is 15.5. The Morgan fingerprint density at radius 2 is 1.54 bits per heavy atom. The first-order chi connectivity index (χ1) is 11.9. The van der Waals surface area contributed by atoms with E-state index in [1.807, 2.05) is 20.8 Å². The van der Waals surface area contributed by atoms with E-state index in [1.165, 1.54) is 12.8 Å². The van der Waals surface area contributed by atoms with E-state index in [0.717, 1.165) is 19.4 Å². The molecule has 0 aliphatic heterocycles. The molecule has 2 fully saturated rings. The van der Waals surface area contributed by atoms with Crippen LogP contribution in [0.5, 0.6) is 0 Å². The maximum atomic E-state index is 11.8. The van der Waals surface area contributed by atoms with Gasteiger partial charge < -0.3 is 26.0 Å². The number of alkyl carbamates (subject to hydrolysis) is 1. The van der Waals surface area contributed by atoms with E-state index < -0.39 is 5.60 Å². The van der Waals surface area contributed by atoms with E-state index in [0.29, 0.717) is 24.2 Å². The van der Waals surface area contributed by atoms with Crippen molar-refractivity contribution in [2.45, 2.75) is 115 Å². The number of nitrogens with one attached hydrogen (secondary N) is 4. The molecule has 2 aliphatic carbocycles. The molecule has 0 unspecified atom stereocenters. The minimum absolute atomic E-state index is 0.0537. The summed E-state index contributed by atoms with van der Waals surface area (Å²) >= 11 is 0. The minimum Gasteiger partial charge on any atom is -0.444 e. The van der Waals surface area contributed by atoms with Crippen LogP contribution in [0.1, 0.15) is 74.1 Å². The Hall–Kier alpha value is -0.850. The zero-order valence-electron chi connectivity index (χ0n) is 17.7. The molecule has 0 aromatic heterocycles. The highest BCUT2D eigenvalue weighted by Gasteiger charge is 2.36. The Kier molecular flexibility index (Phi) is 6.97. The predicted molar refractivity (Wildman–Crippen MR) is 106 cm³/mol. The van der Waals surface area contributed by atoms with Gasteiger partial charge in [-0.1, -0.05) is 13.8 Å². The van der Waals surface area contributed by atoms with Crippen molar-refractivity contribution in [3.05, 3.63) is 0 Å². The van der Waals surface area contributed by atoms with Crippen LogP contribution < -0.4 is 21.3 Å². The van der Waals surface area contributed by atoms with Crippen LogP contribution in [0.25, 0.3) is 0 Å². The molecule has 0 radical (unpaired) electrons. The number of hydrogen-bond acceptors (Lipinski definition) is 5. The van der Waals surface area contributed by atoms with Crippen molar-refractivity contribution in [1.82, 2.24) is 21.3 Å². The Morgan fingerprint density at radius 1 is 0.962 bits per heavy atom. The maximum Gasteiger partial charge on any atom is 0.407 e. The van der Waals surface area contributed by atoms with Gasteiger partial charge in [0.05, 0.1) is 0 Å². The topological polar surface area (TPSA) is 74.4 Å². The molecule has 0 heterocycles. The van der Waals surface area contributed by atoms with Crippen molar-refractivity contribution >= 4 is 6.09 Å². The third-order valence-corrected chi connectivity index (χ3v) is 4.99. The van der Waals surface area contributed by atoms with E-state index in [-0.39, 0.29) is 17.7 Å². The number of rotatable bonds is 8. The summed E-state index contributed by atoms with van der Waals surface area (Å²) in [5.74, 6) is 0. The normalized spacial score (nSPS) is 29.1. The van der Waals surface area contributed by atoms with Gasteiger partial charge in [0.25, 0.3) is 0 Å². The van der Waals surface area contributed by atoms with Gasteiger partial charge in [0.1, 0.15) is 5.60 Å². The fourth-order valence-corrected chi connectivity index (χ4v) is 3.72. The number of amides is 1. The van der Waals surface area contributed by atoms with Crippen LogP contribution in [-0.4, -0.2) is 54.0 Å². The van der Waals surface area contributed by atoms with Crippen molar-refractivity contribution in [3.8, 4) is 0 Å². The summed E-state index contributed by atoms with van der Waals surface area (Å²) in [6.07, 6.45) is 4.06. The summed E-state index contributed by atoms with van der Waals surface area (Å²) in [4.78, 5) is 11.8. The molecule has 6 heteroatoms. The SMILES string of the molecule is CC(C)NC1CC(NCC(C)(C)NC2CC(NC(=O)OC(C)(C)C)C2)C1. The lowest BCUT2D eigenvalue weighted by Gasteiger charge is -2.43. The Morgan fingerprint density at radius 3 is 2.08 bits per heavy atom. The third kappa shape index (κ3) is 7.41. The Balaban J connectivity index is 1.57. The molecule has 0 spiro atoms. The molecule has 2 saturated carbocycles. The van der Waals surface area contributed by atoms with Gasteiger partial charge in [0.15, 0.2) is 0 Å². The fourth-order valence-electron chi connectivity index (χ4n) is 3.72. The molecule has 0 bridgehead atoms. The second kappa shape index (κ2) is 8.44. The van der Waals surface area contributed by atoms with Gasteiger partial charge in [-0.05, 0) is 60.3 Å². The van der Waals surface area contributed by atoms with E-state index in [4.69, 9.17) is 4.74 Å². The zero-order chi connectivity index (χ0) is 19.5. The van der Waals surface area contributed by atoms with E-state index in [9.17, 15) is 4.79 Å². The van der Waals surface area contributed by atoms with Gasteiger partial charge in [0.2, 0.25) is 0 Å². The Labute approximate surface area is 159 Å². The van der Waals surface area contributed by atoms with Gasteiger partial charge >= 0.3 is 6.09 Å². The summed E-state index contributed by atoms with van der Waals surface area (Å²) in [6, 6.07) is 2.56. The highest BCUT2D eigenvalue weighted by molar-refractivity contribution is 5.68. The van der Waals surface area contributed by atoms with E-state index in [2.05, 4.69) is 49.0 Å². The molecule has 2 aliphatic rings. The molecule has 26 heavy (non-hydrogen) atoms. The summed E-state index contributed by atoms with van der Waals surface area (Å²) in [5, 5.41) is 14.0. The van der Waals surface area contributed by atoms with Crippen LogP contribution >= 0.6 is 0 Å². The van der Waals surface area contributed by atoms with Crippen LogP contribution in [0.15, 0.2) is 0 Å². The van der Waals surface area contributed by atoms with Gasteiger partial charge in [-0.2, -0.15) is 0 Å². The molecule has 1 amide bonds. The van der Waals surface area contributed by atoms with Crippen LogP contribution in [-0.2, 0) is 4.74 Å². The first kappa shape index (κ1) is 21.5. The van der Waals surface area contributed by atoms with Crippen molar-refractivity contribution < 1.29 is 9.53 Å². The smallest absolute Gasteiger partial charge is 0.407 e. The Bertz CT molecular complexity index is 461. The standard InChI is InChI=1S/C20H40N4O2/c1-13(2)22-15-8-14(9-15)21-12-20(6,7)24-17-10-16(11-17)23-18(25)26-19(3,4)5/h13-17,21-22,24H,8-12H2,1-7H3,(H,23,25). The second-order valence-corrected chi connectivity index (χ2v) is 10.1. The quantitative estimate of drug-likeness (QED) is 0.530. The molecule has 2 rings (SSSR count). The van der Waals surface area contributed by atoms with Crippen LogP contribution in [0, 0.1) is 0 Å². The van der Waals surface area contributed by atoms with Gasteiger partial charge in [0, 0.05) is 42.3 Å². The highest BCUT2D eigenvalue weighted by atomic mass is 16.6. The van der Waals surface area contributed by atoms with Crippen molar-refractivity contribution in [2.24, 2.45) is 0 Å². The molecule has 0 aromatic carbocycles. The molecular weight excluding hydrogens is 328 g/mol. The molecule has 0 aromatic rings. The second-order valence-electron chi connectivity index (χ2n) is 10.1. The largest absolute Gasteiger partial charge is 0.444 e. The predicted octanol–water partition coefficient (Wildman–Crippen LogP) is 2.53. The highest BCUT2D eigenvalue weighted by Crippen LogP contribution is 2.24. The monoisotopic (exact) mass is 368 g/mol. The van der Waals surface area contributed by atoms with Gasteiger partial charge in [-0.15, -0.1) is 0 Å². The van der Waals surface area contributed by atoms with Crippen LogP contribution in [0.4, 0.5) is 4.79 Å². The van der Waals surface area contributed by atoms with Gasteiger partial charge in [-0.3, -0.25) is 0 Å². The molecular formula is C20H40N4O2. The van der Waals surface area contributed by atoms with Gasteiger partial charge in [-0.25, -0.2) is 4.79 Å². The maximum absolute atomic E-state index is 11.8. The van der Waals surface area contributed by atoms with E-state index in [1.54, 1.807) is 0 Å². The summed E-state index contributed by atoms with van der Waals surface area (Å²) in [5.41, 5.74) is -0.386. The van der Waals surface area contributed by atoms with Crippen molar-refractivity contribution in [3.63, 3.8) is 0 Å². The van der Waals surface area contributed by atoms with Crippen LogP contribution in [0.3, 0.4) is 0 Å². The zero-order valence-corrected chi connectivity index (χ0v) is 17.7. The molecule has 4 N–H and O–H groups in total. The number of ether oxygens (including phenoxy) is 1. The van der Waals surface area contributed by atoms with Crippen molar-refractivity contribution in [2.75, 3.05) is 6.54 Å². The lowest BCUT2D eigenvalue weighted by molar-refractivity contribution is 0.0458. The first-order valence-electron chi connectivity index (χ1n) is 10.2. The number of hydrogen-bond donors (Lipinski definition) is 4. The molecule has 6 nitrogen and oxygen atoms in total. The lowest BCUT2D eigenvalue weighted by atomic mass is 9.84. The molecule has 0 atom stereocenters. The fraction of sp³-hybridized carbons (Fsp3) is 0.950. The average Bonchev–Trinajstić information content (AvgIpc) is 2.36. The first-order valence-corrected chi connectivity index (χ1v) is 10.2. The summed E-state index contributed by atoms with van der Waals surface area (Å²) < 4.78 is 5.31. The number of carbonyl (C=O) groups excluding carboxylic acids is 1. The lowest BCUT2D eigenvalue weighted by Crippen LogP contribution is -2.62. The van der Waals surface area contributed by atoms with Crippen molar-refractivity contribution in [1.29, 1.82) is 0 Å². The minimum atomic E-state index is -0.440. The number of carbonyl (C=O) groups is 1. The average molecular weight is 369 g/mol. The molecule has 152 valence electrons. The summed E-state index contributed by atoms with van der Waals surface area (Å²) in [7, 11) is 0. The van der Waals surface area contributed by atoms with E-state index >= 15 is 0 Å². The van der Waals surface area contributed by atoms with Crippen LogP contribution in [0.2, 0.25) is 0 Å².